The Labute approximate surface area is 182 Å². The van der Waals surface area contributed by atoms with Gasteiger partial charge in [-0.15, -0.1) is 0 Å². The van der Waals surface area contributed by atoms with Gasteiger partial charge in [-0.25, -0.2) is 8.42 Å². The van der Waals surface area contributed by atoms with E-state index in [1.165, 1.54) is 4.31 Å². The molecule has 0 radical (unpaired) electrons. The van der Waals surface area contributed by atoms with E-state index in [-0.39, 0.29) is 36.5 Å². The number of benzene rings is 2. The first kappa shape index (κ1) is 21.4. The fourth-order valence-corrected chi connectivity index (χ4v) is 5.20. The largest absolute Gasteiger partial charge is 0.339 e. The van der Waals surface area contributed by atoms with Crippen LogP contribution in [0.1, 0.15) is 18.7 Å². The van der Waals surface area contributed by atoms with Crippen LogP contribution in [0.2, 0.25) is 0 Å². The number of nitrogens with one attached hydrogen (secondary N) is 1. The lowest BCUT2D eigenvalue weighted by Gasteiger charge is -2.34. The van der Waals surface area contributed by atoms with Crippen LogP contribution in [0, 0.1) is 0 Å². The number of hydrogen-bond donors (Lipinski definition) is 1. The molecule has 4 rings (SSSR count). The number of fused-ring (bicyclic) bond motifs is 1. The molecule has 0 saturated carbocycles. The van der Waals surface area contributed by atoms with Gasteiger partial charge >= 0.3 is 0 Å². The van der Waals surface area contributed by atoms with Crippen molar-refractivity contribution in [1.29, 1.82) is 0 Å². The number of amides is 1. The lowest BCUT2D eigenvalue weighted by Crippen LogP contribution is -2.52. The number of carbonyl (C=O) groups is 1. The average Bonchev–Trinajstić information content (AvgIpc) is 2.82. The van der Waals surface area contributed by atoms with Crippen LogP contribution in [0.4, 0.5) is 0 Å². The summed E-state index contributed by atoms with van der Waals surface area (Å²) in [7, 11) is -3.59. The van der Waals surface area contributed by atoms with E-state index in [4.69, 9.17) is 0 Å². The molecule has 1 aliphatic heterocycles. The van der Waals surface area contributed by atoms with Crippen LogP contribution in [0.5, 0.6) is 0 Å². The molecule has 1 amide bonds. The Balaban J connectivity index is 1.34. The Morgan fingerprint density at radius 1 is 1.00 bits per heavy atom. The molecule has 1 N–H and O–H groups in total. The van der Waals surface area contributed by atoms with E-state index in [0.29, 0.717) is 13.1 Å². The fourth-order valence-electron chi connectivity index (χ4n) is 3.74. The molecule has 0 bridgehead atoms. The lowest BCUT2D eigenvalue weighted by molar-refractivity contribution is -0.131. The van der Waals surface area contributed by atoms with E-state index in [1.54, 1.807) is 23.2 Å². The Kier molecular flexibility index (Phi) is 6.31. The maximum atomic E-state index is 13.1. The Morgan fingerprint density at radius 3 is 2.42 bits per heavy atom. The molecule has 8 heteroatoms. The zero-order chi connectivity index (χ0) is 21.8. The smallest absolute Gasteiger partial charge is 0.243 e. The number of pyridine rings is 1. The highest BCUT2D eigenvalue weighted by Crippen LogP contribution is 2.23. The SMILES string of the molecule is CC(NCC(=O)N1CCN(S(=O)(=O)c2ccc3ccccc3c2)CC1)c1ccccn1. The number of rotatable bonds is 6. The van der Waals surface area contributed by atoms with Crippen LogP contribution in [0.3, 0.4) is 0 Å². The molecule has 31 heavy (non-hydrogen) atoms. The van der Waals surface area contributed by atoms with Crippen molar-refractivity contribution in [2.24, 2.45) is 0 Å². The van der Waals surface area contributed by atoms with Gasteiger partial charge < -0.3 is 10.2 Å². The number of nitrogens with zero attached hydrogens (tertiary/aromatic N) is 3. The summed E-state index contributed by atoms with van der Waals surface area (Å²) >= 11 is 0. The monoisotopic (exact) mass is 438 g/mol. The molecule has 1 atom stereocenters. The summed E-state index contributed by atoms with van der Waals surface area (Å²) in [5.41, 5.74) is 0.876. The molecule has 1 unspecified atom stereocenters. The van der Waals surface area contributed by atoms with Crippen LogP contribution in [0.25, 0.3) is 10.8 Å². The lowest BCUT2D eigenvalue weighted by atomic mass is 10.1. The van der Waals surface area contributed by atoms with Crippen molar-refractivity contribution in [1.82, 2.24) is 19.5 Å². The Bertz CT molecular complexity index is 1160. The van der Waals surface area contributed by atoms with Gasteiger partial charge in [0.25, 0.3) is 0 Å². The van der Waals surface area contributed by atoms with Crippen molar-refractivity contribution >= 4 is 26.7 Å². The topological polar surface area (TPSA) is 82.6 Å². The number of hydrogen-bond acceptors (Lipinski definition) is 5. The number of carbonyl (C=O) groups excluding carboxylic acids is 1. The molecular formula is C23H26N4O3S. The van der Waals surface area contributed by atoms with Gasteiger partial charge in [-0.1, -0.05) is 36.4 Å². The second kappa shape index (κ2) is 9.13. The molecule has 1 saturated heterocycles. The molecule has 1 aliphatic rings. The fraction of sp³-hybridized carbons (Fsp3) is 0.304. The van der Waals surface area contributed by atoms with Crippen molar-refractivity contribution in [3.05, 3.63) is 72.6 Å². The highest BCUT2D eigenvalue weighted by molar-refractivity contribution is 7.89. The zero-order valence-corrected chi connectivity index (χ0v) is 18.3. The van der Waals surface area contributed by atoms with Gasteiger partial charge in [0.05, 0.1) is 17.1 Å². The van der Waals surface area contributed by atoms with Gasteiger partial charge in [0.2, 0.25) is 15.9 Å². The van der Waals surface area contributed by atoms with Crippen molar-refractivity contribution < 1.29 is 13.2 Å². The van der Waals surface area contributed by atoms with E-state index in [1.807, 2.05) is 55.5 Å². The van der Waals surface area contributed by atoms with Crippen molar-refractivity contribution in [2.45, 2.75) is 17.9 Å². The molecule has 3 aromatic rings. The van der Waals surface area contributed by atoms with Crippen molar-refractivity contribution in [3.63, 3.8) is 0 Å². The first-order valence-electron chi connectivity index (χ1n) is 10.4. The summed E-state index contributed by atoms with van der Waals surface area (Å²) in [5, 5.41) is 5.09. The van der Waals surface area contributed by atoms with Crippen LogP contribution in [0.15, 0.2) is 71.8 Å². The third-order valence-electron chi connectivity index (χ3n) is 5.64. The van der Waals surface area contributed by atoms with Crippen LogP contribution in [-0.4, -0.2) is 61.2 Å². The van der Waals surface area contributed by atoms with Gasteiger partial charge in [-0.05, 0) is 42.0 Å². The predicted octanol–water partition coefficient (Wildman–Crippen LogP) is 2.42. The average molecular weight is 439 g/mol. The molecule has 0 spiro atoms. The molecule has 2 heterocycles. The summed E-state index contributed by atoms with van der Waals surface area (Å²) in [4.78, 5) is 18.9. The molecule has 2 aromatic carbocycles. The third-order valence-corrected chi connectivity index (χ3v) is 7.54. The van der Waals surface area contributed by atoms with E-state index in [0.717, 1.165) is 16.5 Å². The van der Waals surface area contributed by atoms with Gasteiger partial charge in [0.1, 0.15) is 0 Å². The van der Waals surface area contributed by atoms with E-state index in [9.17, 15) is 13.2 Å². The van der Waals surface area contributed by atoms with Crippen LogP contribution < -0.4 is 5.32 Å². The first-order chi connectivity index (χ1) is 14.9. The third kappa shape index (κ3) is 4.76. The highest BCUT2D eigenvalue weighted by Gasteiger charge is 2.30. The first-order valence-corrected chi connectivity index (χ1v) is 11.8. The predicted molar refractivity (Wildman–Crippen MR) is 120 cm³/mol. The van der Waals surface area contributed by atoms with Gasteiger partial charge in [0, 0.05) is 38.4 Å². The summed E-state index contributed by atoms with van der Waals surface area (Å²) in [6.45, 7) is 3.49. The zero-order valence-electron chi connectivity index (χ0n) is 17.4. The molecule has 0 aliphatic carbocycles. The van der Waals surface area contributed by atoms with Crippen molar-refractivity contribution in [2.75, 3.05) is 32.7 Å². The maximum Gasteiger partial charge on any atom is 0.243 e. The Morgan fingerprint density at radius 2 is 1.71 bits per heavy atom. The summed E-state index contributed by atoms with van der Waals surface area (Å²) in [6, 6.07) is 18.5. The number of sulfonamides is 1. The summed E-state index contributed by atoms with van der Waals surface area (Å²) in [6.07, 6.45) is 1.73. The minimum atomic E-state index is -3.59. The van der Waals surface area contributed by atoms with Gasteiger partial charge in [0.15, 0.2) is 0 Å². The second-order valence-electron chi connectivity index (χ2n) is 7.65. The normalized spacial score (nSPS) is 16.4. The maximum absolute atomic E-state index is 13.1. The summed E-state index contributed by atoms with van der Waals surface area (Å²) < 4.78 is 27.6. The van der Waals surface area contributed by atoms with Crippen LogP contribution in [-0.2, 0) is 14.8 Å². The van der Waals surface area contributed by atoms with Crippen molar-refractivity contribution in [3.8, 4) is 0 Å². The minimum Gasteiger partial charge on any atom is -0.339 e. The molecular weight excluding hydrogens is 412 g/mol. The van der Waals surface area contributed by atoms with E-state index < -0.39 is 10.0 Å². The summed E-state index contributed by atoms with van der Waals surface area (Å²) in [5.74, 6) is -0.0365. The van der Waals surface area contributed by atoms with Crippen LogP contribution >= 0.6 is 0 Å². The number of piperazine rings is 1. The highest BCUT2D eigenvalue weighted by atomic mass is 32.2. The van der Waals surface area contributed by atoms with Gasteiger partial charge in [-0.3, -0.25) is 9.78 Å². The molecule has 162 valence electrons. The Hall–Kier alpha value is -2.81. The second-order valence-corrected chi connectivity index (χ2v) is 9.59. The quantitative estimate of drug-likeness (QED) is 0.639. The van der Waals surface area contributed by atoms with E-state index >= 15 is 0 Å². The minimum absolute atomic E-state index is 0.0365. The standard InChI is InChI=1S/C23H26N4O3S/c1-18(22-8-4-5-11-24-22)25-17-23(28)26-12-14-27(15-13-26)31(29,30)21-10-9-19-6-2-3-7-20(19)16-21/h2-11,16,18,25H,12-15,17H2,1H3. The molecule has 7 nitrogen and oxygen atoms in total. The van der Waals surface area contributed by atoms with E-state index in [2.05, 4.69) is 10.3 Å². The molecule has 1 aromatic heterocycles. The number of aromatic nitrogens is 1. The van der Waals surface area contributed by atoms with Gasteiger partial charge in [-0.2, -0.15) is 4.31 Å². The molecule has 1 fully saturated rings.